The van der Waals surface area contributed by atoms with Gasteiger partial charge in [-0.05, 0) is 41.9 Å². The normalized spacial score (nSPS) is 22.0. The van der Waals surface area contributed by atoms with Crippen molar-refractivity contribution in [3.05, 3.63) is 0 Å². The highest BCUT2D eigenvalue weighted by Gasteiger charge is 2.48. The van der Waals surface area contributed by atoms with Crippen LogP contribution in [0.15, 0.2) is 0 Å². The first-order valence-electron chi connectivity index (χ1n) is 11.6. The van der Waals surface area contributed by atoms with Gasteiger partial charge < -0.3 is 9.47 Å². The predicted molar refractivity (Wildman–Crippen MR) is 139 cm³/mol. The van der Waals surface area contributed by atoms with Gasteiger partial charge in [-0.3, -0.25) is 4.79 Å². The minimum absolute atomic E-state index is 0. The van der Waals surface area contributed by atoms with Crippen molar-refractivity contribution in [3.8, 4) is 18.4 Å². The number of carbonyl (C=O) groups excluding carboxylic acids is 1. The van der Waals surface area contributed by atoms with Crippen molar-refractivity contribution >= 4 is 5.97 Å². The van der Waals surface area contributed by atoms with Gasteiger partial charge in [0, 0.05) is 17.3 Å². The number of rotatable bonds is 2. The van der Waals surface area contributed by atoms with E-state index < -0.39 is 0 Å². The van der Waals surface area contributed by atoms with E-state index in [1.165, 1.54) is 19.3 Å². The van der Waals surface area contributed by atoms with Gasteiger partial charge >= 0.3 is 5.97 Å². The molecule has 1 unspecified atom stereocenters. The van der Waals surface area contributed by atoms with E-state index in [1.54, 1.807) is 0 Å². The summed E-state index contributed by atoms with van der Waals surface area (Å²) in [7, 11) is 0. The minimum Gasteiger partial charge on any atom is -0.465 e. The summed E-state index contributed by atoms with van der Waals surface area (Å²) in [6, 6.07) is 2.24. The van der Waals surface area contributed by atoms with Crippen molar-refractivity contribution in [1.29, 1.82) is 5.26 Å². The number of carbonyl (C=O) groups is 1. The van der Waals surface area contributed by atoms with E-state index in [2.05, 4.69) is 74.3 Å². The molecule has 2 heterocycles. The predicted octanol–water partition coefficient (Wildman–Crippen LogP) is 7.67. The van der Waals surface area contributed by atoms with Crippen molar-refractivity contribution in [2.75, 3.05) is 19.8 Å². The lowest BCUT2D eigenvalue weighted by molar-refractivity contribution is -0.167. The van der Waals surface area contributed by atoms with Gasteiger partial charge in [0.15, 0.2) is 0 Å². The molecule has 3 aliphatic rings. The van der Waals surface area contributed by atoms with Gasteiger partial charge in [0.25, 0.3) is 0 Å². The van der Waals surface area contributed by atoms with Crippen LogP contribution >= 0.6 is 0 Å². The molecule has 0 bridgehead atoms. The molecule has 0 aromatic carbocycles. The van der Waals surface area contributed by atoms with Gasteiger partial charge in [-0.2, -0.15) is 5.26 Å². The number of nitriles is 1. The molecular formula is C29H53NO3. The highest BCUT2D eigenvalue weighted by atomic mass is 16.5. The monoisotopic (exact) mass is 463 g/mol. The molecule has 3 fully saturated rings. The smallest absolute Gasteiger partial charge is 0.309 e. The van der Waals surface area contributed by atoms with Crippen molar-refractivity contribution < 1.29 is 14.3 Å². The fourth-order valence-electron chi connectivity index (χ4n) is 4.12. The number of nitrogens with zero attached hydrogens (tertiary/aromatic N) is 1. The van der Waals surface area contributed by atoms with Gasteiger partial charge in [-0.15, -0.1) is 6.42 Å². The maximum atomic E-state index is 11.0. The van der Waals surface area contributed by atoms with E-state index in [1.807, 2.05) is 0 Å². The Kier molecular flexibility index (Phi) is 12.5. The second-order valence-electron chi connectivity index (χ2n) is 12.9. The molecule has 33 heavy (non-hydrogen) atoms. The molecule has 192 valence electrons. The quantitative estimate of drug-likeness (QED) is 0.311. The SMILES string of the molecule is C.C.C#CC1(CC(C)(C)C)CC1.CC(C)(C)C1(CC#N)COC1.CC(C)(C)C1CCOC1=O. The Morgan fingerprint density at radius 2 is 1.55 bits per heavy atom. The summed E-state index contributed by atoms with van der Waals surface area (Å²) < 4.78 is 10.0. The molecule has 0 aromatic rings. The van der Waals surface area contributed by atoms with Gasteiger partial charge in [-0.25, -0.2) is 0 Å². The molecule has 1 atom stereocenters. The lowest BCUT2D eigenvalue weighted by Crippen LogP contribution is -2.51. The Hall–Kier alpha value is -1.52. The van der Waals surface area contributed by atoms with Crippen LogP contribution in [-0.4, -0.2) is 25.8 Å². The van der Waals surface area contributed by atoms with E-state index in [4.69, 9.17) is 21.2 Å². The van der Waals surface area contributed by atoms with E-state index >= 15 is 0 Å². The topological polar surface area (TPSA) is 59.3 Å². The van der Waals surface area contributed by atoms with Gasteiger partial charge in [0.2, 0.25) is 0 Å². The number of cyclic esters (lactones) is 1. The zero-order valence-corrected chi connectivity index (χ0v) is 21.5. The van der Waals surface area contributed by atoms with Gasteiger partial charge in [-0.1, -0.05) is 83.1 Å². The van der Waals surface area contributed by atoms with E-state index in [0.29, 0.717) is 23.9 Å². The lowest BCUT2D eigenvalue weighted by Gasteiger charge is -2.49. The van der Waals surface area contributed by atoms with Gasteiger partial charge in [0.1, 0.15) is 0 Å². The van der Waals surface area contributed by atoms with Crippen LogP contribution in [0, 0.1) is 56.7 Å². The molecule has 4 nitrogen and oxygen atoms in total. The third kappa shape index (κ3) is 10.1. The molecule has 0 amide bonds. The van der Waals surface area contributed by atoms with Crippen molar-refractivity contribution in [2.45, 2.75) is 109 Å². The summed E-state index contributed by atoms with van der Waals surface area (Å²) in [4.78, 5) is 11.0. The molecule has 0 radical (unpaired) electrons. The summed E-state index contributed by atoms with van der Waals surface area (Å²) in [6.07, 6.45) is 10.6. The largest absolute Gasteiger partial charge is 0.465 e. The number of hydrogen-bond donors (Lipinski definition) is 0. The standard InChI is InChI=1S/C10H16.C9H15NO.C8H14O2.2CH4/c1-5-10(6-7-10)8-9(2,3)4;1-8(2,3)9(4-5-10)6-11-7-9;1-8(2,3)6-4-5-10-7(6)9;;/h1H,6-8H2,2-4H3;4,6-7H2,1-3H3;6H,4-5H2,1-3H3;2*1H4. The number of terminal acetylenes is 1. The first-order chi connectivity index (χ1) is 14.0. The van der Waals surface area contributed by atoms with Crippen molar-refractivity contribution in [1.82, 2.24) is 0 Å². The van der Waals surface area contributed by atoms with Crippen LogP contribution in [0.2, 0.25) is 0 Å². The number of ether oxygens (including phenoxy) is 2. The molecule has 2 aliphatic heterocycles. The van der Waals surface area contributed by atoms with E-state index in [0.717, 1.165) is 19.6 Å². The first-order valence-corrected chi connectivity index (χ1v) is 11.6. The van der Waals surface area contributed by atoms with Crippen LogP contribution in [-0.2, 0) is 14.3 Å². The van der Waals surface area contributed by atoms with Crippen LogP contribution < -0.4 is 0 Å². The second kappa shape index (κ2) is 12.3. The fourth-order valence-corrected chi connectivity index (χ4v) is 4.12. The van der Waals surface area contributed by atoms with Crippen molar-refractivity contribution in [3.63, 3.8) is 0 Å². The number of hydrogen-bond acceptors (Lipinski definition) is 4. The molecule has 0 aromatic heterocycles. The second-order valence-corrected chi connectivity index (χ2v) is 12.9. The van der Waals surface area contributed by atoms with Crippen LogP contribution in [0.1, 0.15) is 109 Å². The molecule has 4 heteroatoms. The fraction of sp³-hybridized carbons (Fsp3) is 0.862. The van der Waals surface area contributed by atoms with Crippen LogP contribution in [0.25, 0.3) is 0 Å². The lowest BCUT2D eigenvalue weighted by atomic mass is 9.63. The van der Waals surface area contributed by atoms with Crippen LogP contribution in [0.5, 0.6) is 0 Å². The summed E-state index contributed by atoms with van der Waals surface area (Å²) in [6.45, 7) is 21.6. The number of esters is 1. The molecule has 0 spiro atoms. The van der Waals surface area contributed by atoms with Crippen molar-refractivity contribution in [2.24, 2.45) is 33.0 Å². The highest BCUT2D eigenvalue weighted by Crippen LogP contribution is 2.52. The molecule has 3 rings (SSSR count). The molecule has 0 N–H and O–H groups in total. The third-order valence-corrected chi connectivity index (χ3v) is 6.77. The molecule has 1 saturated carbocycles. The van der Waals surface area contributed by atoms with Crippen LogP contribution in [0.4, 0.5) is 0 Å². The summed E-state index contributed by atoms with van der Waals surface area (Å²) in [5, 5.41) is 8.62. The Morgan fingerprint density at radius 1 is 1.03 bits per heavy atom. The minimum atomic E-state index is -0.0208. The Morgan fingerprint density at radius 3 is 1.67 bits per heavy atom. The van der Waals surface area contributed by atoms with E-state index in [9.17, 15) is 4.79 Å². The average Bonchev–Trinajstić information content (AvgIpc) is 3.17. The Balaban J connectivity index is 0. The maximum Gasteiger partial charge on any atom is 0.309 e. The maximum absolute atomic E-state index is 11.0. The first kappa shape index (κ1) is 33.7. The summed E-state index contributed by atoms with van der Waals surface area (Å²) in [5.41, 5.74) is 1.11. The molecular weight excluding hydrogens is 410 g/mol. The zero-order valence-electron chi connectivity index (χ0n) is 21.5. The van der Waals surface area contributed by atoms with E-state index in [-0.39, 0.29) is 43.0 Å². The zero-order chi connectivity index (χ0) is 24.1. The summed E-state index contributed by atoms with van der Waals surface area (Å²) >= 11 is 0. The average molecular weight is 464 g/mol. The summed E-state index contributed by atoms with van der Waals surface area (Å²) in [5.74, 6) is 3.01. The van der Waals surface area contributed by atoms with Gasteiger partial charge in [0.05, 0.1) is 31.8 Å². The van der Waals surface area contributed by atoms with Crippen LogP contribution in [0.3, 0.4) is 0 Å². The highest BCUT2D eigenvalue weighted by molar-refractivity contribution is 5.74. The third-order valence-electron chi connectivity index (χ3n) is 6.77. The Bertz CT molecular complexity index is 681. The Labute approximate surface area is 206 Å². The molecule has 1 aliphatic carbocycles. The molecule has 2 saturated heterocycles.